The summed E-state index contributed by atoms with van der Waals surface area (Å²) in [6.07, 6.45) is 0. The van der Waals surface area contributed by atoms with Crippen LogP contribution in [0.4, 0.5) is 0 Å². The number of benzene rings is 1. The number of piperazine rings is 1. The zero-order valence-corrected chi connectivity index (χ0v) is 11.6. The maximum absolute atomic E-state index is 12.3. The first-order valence-electron chi connectivity index (χ1n) is 6.64. The fourth-order valence-electron chi connectivity index (χ4n) is 2.38. The predicted molar refractivity (Wildman–Crippen MR) is 74.2 cm³/mol. The molecular weight excluding hydrogens is 240 g/mol. The number of hydrogen-bond donors (Lipinski definition) is 0. The maximum Gasteiger partial charge on any atom is 0.253 e. The maximum atomic E-state index is 12.3. The first-order valence-corrected chi connectivity index (χ1v) is 6.64. The summed E-state index contributed by atoms with van der Waals surface area (Å²) in [5.74, 6) is 0.268. The standard InChI is InChI=1S/C15H20N2O2/c1-12-4-3-5-14(10-12)15(19)17-8-6-16(7-9-17)11-13(2)18/h3-5,10H,6-9,11H2,1-2H3. The van der Waals surface area contributed by atoms with Gasteiger partial charge in [-0.3, -0.25) is 14.5 Å². The van der Waals surface area contributed by atoms with Gasteiger partial charge in [0.25, 0.3) is 5.91 Å². The molecule has 2 rings (SSSR count). The Morgan fingerprint density at radius 3 is 2.42 bits per heavy atom. The average Bonchev–Trinajstić information content (AvgIpc) is 2.38. The largest absolute Gasteiger partial charge is 0.336 e. The molecule has 0 radical (unpaired) electrons. The van der Waals surface area contributed by atoms with Crippen molar-refractivity contribution >= 4 is 11.7 Å². The molecule has 0 spiro atoms. The smallest absolute Gasteiger partial charge is 0.253 e. The fraction of sp³-hybridized carbons (Fsp3) is 0.467. The molecule has 1 saturated heterocycles. The highest BCUT2D eigenvalue weighted by atomic mass is 16.2. The molecule has 1 aromatic carbocycles. The fourth-order valence-corrected chi connectivity index (χ4v) is 2.38. The highest BCUT2D eigenvalue weighted by molar-refractivity contribution is 5.94. The second-order valence-electron chi connectivity index (χ2n) is 5.14. The van der Waals surface area contributed by atoms with Crippen LogP contribution in [0.5, 0.6) is 0 Å². The summed E-state index contributed by atoms with van der Waals surface area (Å²) in [6.45, 7) is 7.02. The molecule has 1 aliphatic rings. The average molecular weight is 260 g/mol. The molecule has 0 saturated carbocycles. The first-order chi connectivity index (χ1) is 9.06. The van der Waals surface area contributed by atoms with Crippen LogP contribution in [0, 0.1) is 6.92 Å². The minimum absolute atomic E-state index is 0.0891. The minimum Gasteiger partial charge on any atom is -0.336 e. The Kier molecular flexibility index (Phi) is 4.32. The van der Waals surface area contributed by atoms with E-state index in [0.717, 1.165) is 24.2 Å². The van der Waals surface area contributed by atoms with Gasteiger partial charge in [-0.15, -0.1) is 0 Å². The second-order valence-corrected chi connectivity index (χ2v) is 5.14. The lowest BCUT2D eigenvalue weighted by Gasteiger charge is -2.34. The lowest BCUT2D eigenvalue weighted by molar-refractivity contribution is -0.118. The van der Waals surface area contributed by atoms with Gasteiger partial charge in [0.05, 0.1) is 6.54 Å². The monoisotopic (exact) mass is 260 g/mol. The second kappa shape index (κ2) is 5.97. The first kappa shape index (κ1) is 13.7. The van der Waals surface area contributed by atoms with Gasteiger partial charge in [-0.2, -0.15) is 0 Å². The summed E-state index contributed by atoms with van der Waals surface area (Å²) in [5.41, 5.74) is 1.85. The summed E-state index contributed by atoms with van der Waals surface area (Å²) in [6, 6.07) is 7.68. The van der Waals surface area contributed by atoms with Crippen molar-refractivity contribution in [1.29, 1.82) is 0 Å². The van der Waals surface area contributed by atoms with Gasteiger partial charge >= 0.3 is 0 Å². The molecule has 0 aliphatic carbocycles. The number of amides is 1. The van der Waals surface area contributed by atoms with Crippen LogP contribution >= 0.6 is 0 Å². The van der Waals surface area contributed by atoms with Crippen molar-refractivity contribution in [3.05, 3.63) is 35.4 Å². The van der Waals surface area contributed by atoms with Crippen LogP contribution in [-0.4, -0.2) is 54.2 Å². The van der Waals surface area contributed by atoms with Crippen LogP contribution in [0.2, 0.25) is 0 Å². The van der Waals surface area contributed by atoms with Crippen LogP contribution in [0.15, 0.2) is 24.3 Å². The Bertz CT molecular complexity index is 477. The van der Waals surface area contributed by atoms with Gasteiger partial charge in [-0.1, -0.05) is 17.7 Å². The molecular formula is C15H20N2O2. The number of hydrogen-bond acceptors (Lipinski definition) is 3. The van der Waals surface area contributed by atoms with Crippen molar-refractivity contribution in [1.82, 2.24) is 9.80 Å². The van der Waals surface area contributed by atoms with Crippen LogP contribution in [0.3, 0.4) is 0 Å². The van der Waals surface area contributed by atoms with Crippen molar-refractivity contribution in [2.45, 2.75) is 13.8 Å². The molecule has 4 nitrogen and oxygen atoms in total. The number of rotatable bonds is 3. The molecule has 4 heteroatoms. The van der Waals surface area contributed by atoms with Crippen LogP contribution in [-0.2, 0) is 4.79 Å². The molecule has 19 heavy (non-hydrogen) atoms. The molecule has 1 amide bonds. The van der Waals surface area contributed by atoms with Gasteiger partial charge in [0, 0.05) is 31.7 Å². The van der Waals surface area contributed by atoms with Gasteiger partial charge in [-0.05, 0) is 26.0 Å². The zero-order chi connectivity index (χ0) is 13.8. The third kappa shape index (κ3) is 3.64. The van der Waals surface area contributed by atoms with E-state index in [-0.39, 0.29) is 11.7 Å². The normalized spacial score (nSPS) is 16.4. The molecule has 0 atom stereocenters. The lowest BCUT2D eigenvalue weighted by atomic mass is 10.1. The Labute approximate surface area is 114 Å². The summed E-state index contributed by atoms with van der Waals surface area (Å²) in [4.78, 5) is 27.4. The summed E-state index contributed by atoms with van der Waals surface area (Å²) in [5, 5.41) is 0. The molecule has 0 unspecified atom stereocenters. The van der Waals surface area contributed by atoms with Crippen molar-refractivity contribution in [3.63, 3.8) is 0 Å². The van der Waals surface area contributed by atoms with Crippen molar-refractivity contribution in [3.8, 4) is 0 Å². The Hall–Kier alpha value is -1.68. The van der Waals surface area contributed by atoms with Gasteiger partial charge in [0.1, 0.15) is 5.78 Å². The van der Waals surface area contributed by atoms with E-state index >= 15 is 0 Å². The quantitative estimate of drug-likeness (QED) is 0.823. The van der Waals surface area contributed by atoms with Crippen LogP contribution in [0.1, 0.15) is 22.8 Å². The number of Topliss-reactive ketones (excluding diaryl/α,β-unsaturated/α-hetero) is 1. The molecule has 1 aromatic rings. The minimum atomic E-state index is 0.0891. The molecule has 0 aromatic heterocycles. The summed E-state index contributed by atoms with van der Waals surface area (Å²) in [7, 11) is 0. The lowest BCUT2D eigenvalue weighted by Crippen LogP contribution is -2.49. The van der Waals surface area contributed by atoms with E-state index in [1.165, 1.54) is 0 Å². The van der Waals surface area contributed by atoms with Crippen molar-refractivity contribution < 1.29 is 9.59 Å². The van der Waals surface area contributed by atoms with E-state index in [2.05, 4.69) is 4.90 Å². The topological polar surface area (TPSA) is 40.6 Å². The molecule has 0 bridgehead atoms. The molecule has 0 N–H and O–H groups in total. The van der Waals surface area contributed by atoms with E-state index in [1.54, 1.807) is 6.92 Å². The van der Waals surface area contributed by atoms with Crippen LogP contribution < -0.4 is 0 Å². The van der Waals surface area contributed by atoms with E-state index in [1.807, 2.05) is 36.1 Å². The van der Waals surface area contributed by atoms with Crippen molar-refractivity contribution in [2.75, 3.05) is 32.7 Å². The van der Waals surface area contributed by atoms with E-state index in [4.69, 9.17) is 0 Å². The van der Waals surface area contributed by atoms with E-state index < -0.39 is 0 Å². The van der Waals surface area contributed by atoms with Gasteiger partial charge < -0.3 is 4.90 Å². The highest BCUT2D eigenvalue weighted by Gasteiger charge is 2.22. The number of carbonyl (C=O) groups is 2. The molecule has 1 fully saturated rings. The Balaban J connectivity index is 1.94. The number of aryl methyl sites for hydroxylation is 1. The number of ketones is 1. The van der Waals surface area contributed by atoms with Gasteiger partial charge in [0.15, 0.2) is 0 Å². The van der Waals surface area contributed by atoms with Crippen LogP contribution in [0.25, 0.3) is 0 Å². The summed E-state index contributed by atoms with van der Waals surface area (Å²) >= 11 is 0. The molecule has 1 aliphatic heterocycles. The van der Waals surface area contributed by atoms with Gasteiger partial charge in [0.2, 0.25) is 0 Å². The van der Waals surface area contributed by atoms with E-state index in [9.17, 15) is 9.59 Å². The zero-order valence-electron chi connectivity index (χ0n) is 11.6. The molecule has 1 heterocycles. The highest BCUT2D eigenvalue weighted by Crippen LogP contribution is 2.10. The number of carbonyl (C=O) groups excluding carboxylic acids is 2. The number of nitrogens with zero attached hydrogens (tertiary/aromatic N) is 2. The van der Waals surface area contributed by atoms with Crippen molar-refractivity contribution in [2.24, 2.45) is 0 Å². The predicted octanol–water partition coefficient (Wildman–Crippen LogP) is 1.34. The third-order valence-corrected chi connectivity index (χ3v) is 3.37. The SMILES string of the molecule is CC(=O)CN1CCN(C(=O)c2cccc(C)c2)CC1. The molecule has 102 valence electrons. The summed E-state index contributed by atoms with van der Waals surface area (Å²) < 4.78 is 0. The van der Waals surface area contributed by atoms with E-state index in [0.29, 0.717) is 19.6 Å². The van der Waals surface area contributed by atoms with Gasteiger partial charge in [-0.25, -0.2) is 0 Å². The Morgan fingerprint density at radius 2 is 1.84 bits per heavy atom. The Morgan fingerprint density at radius 1 is 1.16 bits per heavy atom. The third-order valence-electron chi connectivity index (χ3n) is 3.37.